The summed E-state index contributed by atoms with van der Waals surface area (Å²) in [4.78, 5) is 20.2. The molecule has 1 aromatic carbocycles. The number of hydrogen-bond donors (Lipinski definition) is 4. The summed E-state index contributed by atoms with van der Waals surface area (Å²) in [6.07, 6.45) is 1.01. The van der Waals surface area contributed by atoms with Gasteiger partial charge in [-0.3, -0.25) is 4.79 Å². The minimum absolute atomic E-state index is 0.0494. The number of aromatic nitrogens is 2. The lowest BCUT2D eigenvalue weighted by Crippen LogP contribution is -2.27. The van der Waals surface area contributed by atoms with Crippen LogP contribution in [0.2, 0.25) is 0 Å². The van der Waals surface area contributed by atoms with Gasteiger partial charge in [-0.25, -0.2) is 4.98 Å². The molecule has 0 aliphatic rings. The Labute approximate surface area is 152 Å². The smallest absolute Gasteiger partial charge is 0.224 e. The van der Waals surface area contributed by atoms with Crippen LogP contribution in [0.25, 0.3) is 10.9 Å². The molecule has 0 spiro atoms. The van der Waals surface area contributed by atoms with E-state index in [0.29, 0.717) is 55.8 Å². The molecule has 0 saturated carbocycles. The highest BCUT2D eigenvalue weighted by molar-refractivity contribution is 5.92. The van der Waals surface area contributed by atoms with Crippen LogP contribution in [0.4, 0.5) is 11.8 Å². The highest BCUT2D eigenvalue weighted by Gasteiger charge is 2.13. The summed E-state index contributed by atoms with van der Waals surface area (Å²) < 4.78 is 11.3. The van der Waals surface area contributed by atoms with Crippen molar-refractivity contribution in [2.75, 3.05) is 51.5 Å². The lowest BCUT2D eigenvalue weighted by Gasteiger charge is -2.14. The Balaban J connectivity index is 2.10. The molecule has 0 unspecified atom stereocenters. The Morgan fingerprint density at radius 1 is 1.19 bits per heavy atom. The van der Waals surface area contributed by atoms with Crippen molar-refractivity contribution < 1.29 is 14.3 Å². The molecule has 2 aromatic rings. The van der Waals surface area contributed by atoms with Gasteiger partial charge in [0.15, 0.2) is 11.5 Å². The number of nitrogens with one attached hydrogen (secondary N) is 3. The molecule has 9 heteroatoms. The van der Waals surface area contributed by atoms with Gasteiger partial charge in [0.2, 0.25) is 11.9 Å². The van der Waals surface area contributed by atoms with Gasteiger partial charge in [0.25, 0.3) is 0 Å². The maximum absolute atomic E-state index is 11.4. The van der Waals surface area contributed by atoms with E-state index in [4.69, 9.17) is 15.2 Å². The number of amides is 1. The second-order valence-corrected chi connectivity index (χ2v) is 5.51. The van der Waals surface area contributed by atoms with Gasteiger partial charge < -0.3 is 31.2 Å². The molecule has 1 heterocycles. The number of carbonyl (C=O) groups is 1. The molecule has 9 nitrogen and oxygen atoms in total. The van der Waals surface area contributed by atoms with Gasteiger partial charge in [-0.05, 0) is 12.5 Å². The number of nitrogens with two attached hydrogens (primary N) is 1. The van der Waals surface area contributed by atoms with Gasteiger partial charge in [0, 0.05) is 45.1 Å². The van der Waals surface area contributed by atoms with E-state index in [0.717, 1.165) is 10.9 Å². The monoisotopic (exact) mass is 362 g/mol. The van der Waals surface area contributed by atoms with Crippen LogP contribution in [0.1, 0.15) is 12.8 Å². The summed E-state index contributed by atoms with van der Waals surface area (Å²) in [5.74, 6) is 2.36. The molecule has 26 heavy (non-hydrogen) atoms. The minimum Gasteiger partial charge on any atom is -0.493 e. The third kappa shape index (κ3) is 4.85. The Kier molecular flexibility index (Phi) is 7.22. The van der Waals surface area contributed by atoms with Crippen molar-refractivity contribution in [3.63, 3.8) is 0 Å². The SMILES string of the molecule is CNc1nc(NC)c2cc(OC)c(OCCCNC(=O)CCN)cc2n1. The van der Waals surface area contributed by atoms with Crippen LogP contribution in [0, 0.1) is 0 Å². The largest absolute Gasteiger partial charge is 0.493 e. The van der Waals surface area contributed by atoms with E-state index in [1.54, 1.807) is 21.2 Å². The number of methoxy groups -OCH3 is 1. The van der Waals surface area contributed by atoms with Crippen LogP contribution in [0.5, 0.6) is 11.5 Å². The number of carbonyl (C=O) groups excluding carboxylic acids is 1. The summed E-state index contributed by atoms with van der Waals surface area (Å²) >= 11 is 0. The first-order valence-corrected chi connectivity index (χ1v) is 8.47. The van der Waals surface area contributed by atoms with Gasteiger partial charge in [-0.2, -0.15) is 4.98 Å². The third-order valence-corrected chi connectivity index (χ3v) is 3.71. The van der Waals surface area contributed by atoms with E-state index in [1.165, 1.54) is 0 Å². The average Bonchev–Trinajstić information content (AvgIpc) is 2.66. The normalized spacial score (nSPS) is 10.5. The standard InChI is InChI=1S/C17H26N6O3/c1-19-16-11-9-13(25-3)14(10-12(11)22-17(20-2)23-16)26-8-4-7-21-15(24)5-6-18/h9-10H,4-8,18H2,1-3H3,(H,21,24)(H2,19,20,22,23). The number of fused-ring (bicyclic) bond motifs is 1. The van der Waals surface area contributed by atoms with E-state index < -0.39 is 0 Å². The van der Waals surface area contributed by atoms with Crippen LogP contribution in [-0.4, -0.2) is 56.8 Å². The number of anilines is 2. The molecule has 5 N–H and O–H groups in total. The number of rotatable bonds is 10. The van der Waals surface area contributed by atoms with Crippen molar-refractivity contribution in [1.29, 1.82) is 0 Å². The zero-order valence-corrected chi connectivity index (χ0v) is 15.4. The molecule has 2 rings (SSSR count). The predicted octanol–water partition coefficient (Wildman–Crippen LogP) is 0.956. The van der Waals surface area contributed by atoms with E-state index in [1.807, 2.05) is 12.1 Å². The Morgan fingerprint density at radius 3 is 2.65 bits per heavy atom. The third-order valence-electron chi connectivity index (χ3n) is 3.71. The van der Waals surface area contributed by atoms with Crippen LogP contribution >= 0.6 is 0 Å². The van der Waals surface area contributed by atoms with E-state index in [9.17, 15) is 4.79 Å². The first-order chi connectivity index (χ1) is 12.6. The van der Waals surface area contributed by atoms with Crippen molar-refractivity contribution in [2.45, 2.75) is 12.8 Å². The first kappa shape index (κ1) is 19.5. The predicted molar refractivity (Wildman–Crippen MR) is 102 cm³/mol. The topological polar surface area (TPSA) is 123 Å². The molecular weight excluding hydrogens is 336 g/mol. The average molecular weight is 362 g/mol. The van der Waals surface area contributed by atoms with Crippen LogP contribution in [0.15, 0.2) is 12.1 Å². The van der Waals surface area contributed by atoms with Gasteiger partial charge in [-0.1, -0.05) is 0 Å². The summed E-state index contributed by atoms with van der Waals surface area (Å²) in [6.45, 7) is 1.32. The maximum atomic E-state index is 11.4. The number of ether oxygens (including phenoxy) is 2. The van der Waals surface area contributed by atoms with Gasteiger partial charge in [0.1, 0.15) is 5.82 Å². The Hall–Kier alpha value is -2.81. The molecule has 1 aromatic heterocycles. The van der Waals surface area contributed by atoms with Crippen molar-refractivity contribution in [3.8, 4) is 11.5 Å². The van der Waals surface area contributed by atoms with E-state index in [2.05, 4.69) is 25.9 Å². The summed E-state index contributed by atoms with van der Waals surface area (Å²) in [7, 11) is 5.15. The number of benzene rings is 1. The maximum Gasteiger partial charge on any atom is 0.224 e. The zero-order chi connectivity index (χ0) is 18.9. The van der Waals surface area contributed by atoms with Crippen LogP contribution < -0.4 is 31.2 Å². The Bertz CT molecular complexity index is 753. The molecule has 1 amide bonds. The van der Waals surface area contributed by atoms with Crippen molar-refractivity contribution in [1.82, 2.24) is 15.3 Å². The summed E-state index contributed by atoms with van der Waals surface area (Å²) in [6, 6.07) is 3.67. The zero-order valence-electron chi connectivity index (χ0n) is 15.4. The van der Waals surface area contributed by atoms with Crippen LogP contribution in [0.3, 0.4) is 0 Å². The fraction of sp³-hybridized carbons (Fsp3) is 0.471. The fourth-order valence-electron chi connectivity index (χ4n) is 2.41. The lowest BCUT2D eigenvalue weighted by atomic mass is 10.2. The highest BCUT2D eigenvalue weighted by atomic mass is 16.5. The molecule has 0 radical (unpaired) electrons. The molecule has 0 fully saturated rings. The number of hydrogen-bond acceptors (Lipinski definition) is 8. The lowest BCUT2D eigenvalue weighted by molar-refractivity contribution is -0.120. The highest BCUT2D eigenvalue weighted by Crippen LogP contribution is 2.34. The number of nitrogens with zero attached hydrogens (tertiary/aromatic N) is 2. The van der Waals surface area contributed by atoms with Crippen molar-refractivity contribution >= 4 is 28.6 Å². The molecule has 0 bridgehead atoms. The van der Waals surface area contributed by atoms with Gasteiger partial charge >= 0.3 is 0 Å². The second-order valence-electron chi connectivity index (χ2n) is 5.51. The molecule has 0 aliphatic heterocycles. The van der Waals surface area contributed by atoms with Crippen molar-refractivity contribution in [2.24, 2.45) is 5.73 Å². The quantitative estimate of drug-likeness (QED) is 0.461. The van der Waals surface area contributed by atoms with Crippen LogP contribution in [-0.2, 0) is 4.79 Å². The fourth-order valence-corrected chi connectivity index (χ4v) is 2.41. The molecule has 0 atom stereocenters. The van der Waals surface area contributed by atoms with E-state index in [-0.39, 0.29) is 5.91 Å². The molecule has 0 saturated heterocycles. The summed E-state index contributed by atoms with van der Waals surface area (Å²) in [5.41, 5.74) is 6.07. The molecule has 0 aliphatic carbocycles. The van der Waals surface area contributed by atoms with Gasteiger partial charge in [-0.15, -0.1) is 0 Å². The molecular formula is C17H26N6O3. The minimum atomic E-state index is -0.0494. The summed E-state index contributed by atoms with van der Waals surface area (Å²) in [5, 5.41) is 9.63. The van der Waals surface area contributed by atoms with Crippen molar-refractivity contribution in [3.05, 3.63) is 12.1 Å². The second kappa shape index (κ2) is 9.62. The molecule has 142 valence electrons. The van der Waals surface area contributed by atoms with E-state index >= 15 is 0 Å². The first-order valence-electron chi connectivity index (χ1n) is 8.47. The Morgan fingerprint density at radius 2 is 2.00 bits per heavy atom. The van der Waals surface area contributed by atoms with Gasteiger partial charge in [0.05, 0.1) is 19.2 Å².